The number of fused-ring (bicyclic) bond motifs is 1. The van der Waals surface area contributed by atoms with E-state index in [4.69, 9.17) is 26.1 Å². The summed E-state index contributed by atoms with van der Waals surface area (Å²) < 4.78 is 13.3. The third kappa shape index (κ3) is 3.76. The summed E-state index contributed by atoms with van der Waals surface area (Å²) in [4.78, 5) is 4.80. The van der Waals surface area contributed by atoms with Gasteiger partial charge in [-0.2, -0.15) is 0 Å². The first-order valence-corrected chi connectivity index (χ1v) is 9.10. The number of rotatable bonds is 6. The highest BCUT2D eigenvalue weighted by Gasteiger charge is 2.12. The summed E-state index contributed by atoms with van der Waals surface area (Å²) in [6.45, 7) is 1.20. The summed E-state index contributed by atoms with van der Waals surface area (Å²) in [7, 11) is 1.65. The van der Waals surface area contributed by atoms with Crippen molar-refractivity contribution in [1.82, 2.24) is 9.55 Å². The molecule has 0 N–H and O–H groups in total. The molecule has 0 atom stereocenters. The molecule has 1 aromatic heterocycles. The van der Waals surface area contributed by atoms with E-state index in [-0.39, 0.29) is 0 Å². The lowest BCUT2D eigenvalue weighted by atomic mass is 10.2. The van der Waals surface area contributed by atoms with Gasteiger partial charge in [-0.15, -0.1) is 0 Å². The number of hydrogen-bond acceptors (Lipinski definition) is 3. The van der Waals surface area contributed by atoms with Crippen LogP contribution in [-0.2, 0) is 6.54 Å². The Morgan fingerprint density at radius 3 is 2.48 bits per heavy atom. The summed E-state index contributed by atoms with van der Waals surface area (Å²) in [6.07, 6.45) is 0. The molecule has 0 fully saturated rings. The molecule has 136 valence electrons. The first kappa shape index (κ1) is 17.4. The maximum absolute atomic E-state index is 6.18. The Labute approximate surface area is 162 Å². The van der Waals surface area contributed by atoms with Crippen LogP contribution in [0.3, 0.4) is 0 Å². The van der Waals surface area contributed by atoms with Crippen LogP contribution in [0.4, 0.5) is 0 Å². The monoisotopic (exact) mass is 378 g/mol. The van der Waals surface area contributed by atoms with Crippen molar-refractivity contribution in [1.29, 1.82) is 0 Å². The lowest BCUT2D eigenvalue weighted by Crippen LogP contribution is -2.09. The maximum atomic E-state index is 6.18. The van der Waals surface area contributed by atoms with Crippen molar-refractivity contribution in [3.63, 3.8) is 0 Å². The second-order valence-corrected chi connectivity index (χ2v) is 6.55. The van der Waals surface area contributed by atoms with Crippen molar-refractivity contribution >= 4 is 22.6 Å². The zero-order valence-electron chi connectivity index (χ0n) is 14.9. The molecular formula is C22H19ClN2O2. The molecule has 0 aliphatic heterocycles. The van der Waals surface area contributed by atoms with E-state index in [1.165, 1.54) is 0 Å². The SMILES string of the molecule is COc1ccc(OCCn2c(-c3cccc(Cl)c3)nc3ccccc32)cc1. The fourth-order valence-corrected chi connectivity index (χ4v) is 3.27. The summed E-state index contributed by atoms with van der Waals surface area (Å²) in [5, 5.41) is 0.695. The maximum Gasteiger partial charge on any atom is 0.141 e. The lowest BCUT2D eigenvalue weighted by molar-refractivity contribution is 0.300. The summed E-state index contributed by atoms with van der Waals surface area (Å²) >= 11 is 6.18. The molecule has 1 heterocycles. The Morgan fingerprint density at radius 1 is 0.926 bits per heavy atom. The van der Waals surface area contributed by atoms with Crippen LogP contribution in [-0.4, -0.2) is 23.3 Å². The molecule has 3 aromatic carbocycles. The van der Waals surface area contributed by atoms with E-state index in [1.54, 1.807) is 7.11 Å². The molecule has 5 heteroatoms. The number of ether oxygens (including phenoxy) is 2. The smallest absolute Gasteiger partial charge is 0.141 e. The fourth-order valence-electron chi connectivity index (χ4n) is 3.08. The van der Waals surface area contributed by atoms with Crippen molar-refractivity contribution in [2.24, 2.45) is 0 Å². The first-order valence-electron chi connectivity index (χ1n) is 8.72. The first-order chi connectivity index (χ1) is 13.2. The number of benzene rings is 3. The van der Waals surface area contributed by atoms with Gasteiger partial charge in [0.25, 0.3) is 0 Å². The van der Waals surface area contributed by atoms with Crippen LogP contribution < -0.4 is 9.47 Å². The third-order valence-electron chi connectivity index (χ3n) is 4.38. The van der Waals surface area contributed by atoms with E-state index >= 15 is 0 Å². The molecule has 0 aliphatic carbocycles. The number of aromatic nitrogens is 2. The molecule has 4 nitrogen and oxygen atoms in total. The number of imidazole rings is 1. The molecule has 0 bridgehead atoms. The zero-order valence-corrected chi connectivity index (χ0v) is 15.7. The number of para-hydroxylation sites is 2. The average molecular weight is 379 g/mol. The standard InChI is InChI=1S/C22H19ClN2O2/c1-26-18-9-11-19(12-10-18)27-14-13-25-21-8-3-2-7-20(21)24-22(25)16-5-4-6-17(23)15-16/h2-12,15H,13-14H2,1H3. The molecule has 0 amide bonds. The van der Waals surface area contributed by atoms with Gasteiger partial charge in [0.05, 0.1) is 24.7 Å². The zero-order chi connectivity index (χ0) is 18.6. The largest absolute Gasteiger partial charge is 0.497 e. The number of halogens is 1. The highest BCUT2D eigenvalue weighted by atomic mass is 35.5. The van der Waals surface area contributed by atoms with E-state index in [0.717, 1.165) is 33.9 Å². The molecule has 0 spiro atoms. The van der Waals surface area contributed by atoms with Crippen LogP contribution in [0.15, 0.2) is 72.8 Å². The third-order valence-corrected chi connectivity index (χ3v) is 4.62. The van der Waals surface area contributed by atoms with Gasteiger partial charge in [0, 0.05) is 10.6 Å². The summed E-state index contributed by atoms with van der Waals surface area (Å²) in [5.74, 6) is 2.51. The average Bonchev–Trinajstić information content (AvgIpc) is 3.07. The minimum Gasteiger partial charge on any atom is -0.497 e. The van der Waals surface area contributed by atoms with Gasteiger partial charge in [-0.25, -0.2) is 4.98 Å². The van der Waals surface area contributed by atoms with Gasteiger partial charge in [-0.1, -0.05) is 35.9 Å². The van der Waals surface area contributed by atoms with Gasteiger partial charge >= 0.3 is 0 Å². The van der Waals surface area contributed by atoms with Crippen molar-refractivity contribution in [3.05, 3.63) is 77.8 Å². The van der Waals surface area contributed by atoms with E-state index in [1.807, 2.05) is 66.7 Å². The van der Waals surface area contributed by atoms with Crippen molar-refractivity contribution in [2.75, 3.05) is 13.7 Å². The van der Waals surface area contributed by atoms with Gasteiger partial charge in [0.2, 0.25) is 0 Å². The summed E-state index contributed by atoms with van der Waals surface area (Å²) in [6, 6.07) is 23.5. The highest BCUT2D eigenvalue weighted by molar-refractivity contribution is 6.30. The van der Waals surface area contributed by atoms with Crippen LogP contribution in [0.25, 0.3) is 22.4 Å². The molecule has 0 saturated carbocycles. The van der Waals surface area contributed by atoms with Crippen LogP contribution in [0, 0.1) is 0 Å². The van der Waals surface area contributed by atoms with Crippen molar-refractivity contribution in [2.45, 2.75) is 6.54 Å². The summed E-state index contributed by atoms with van der Waals surface area (Å²) in [5.41, 5.74) is 3.02. The van der Waals surface area contributed by atoms with Gasteiger partial charge < -0.3 is 14.0 Å². The molecule has 0 saturated heterocycles. The van der Waals surface area contributed by atoms with Gasteiger partial charge in [0.15, 0.2) is 0 Å². The number of hydrogen-bond donors (Lipinski definition) is 0. The second kappa shape index (κ2) is 7.72. The Hall–Kier alpha value is -2.98. The minimum absolute atomic E-state index is 0.528. The lowest BCUT2D eigenvalue weighted by Gasteiger charge is -2.11. The second-order valence-electron chi connectivity index (χ2n) is 6.11. The van der Waals surface area contributed by atoms with E-state index < -0.39 is 0 Å². The van der Waals surface area contributed by atoms with Gasteiger partial charge in [0.1, 0.15) is 23.9 Å². The Kier molecular flexibility index (Phi) is 4.99. The predicted octanol–water partition coefficient (Wildman–Crippen LogP) is 5.44. The van der Waals surface area contributed by atoms with Crippen LogP contribution >= 0.6 is 11.6 Å². The predicted molar refractivity (Wildman–Crippen MR) is 109 cm³/mol. The van der Waals surface area contributed by atoms with Crippen LogP contribution in [0.2, 0.25) is 5.02 Å². The molecule has 0 aliphatic rings. The molecule has 27 heavy (non-hydrogen) atoms. The topological polar surface area (TPSA) is 36.3 Å². The van der Waals surface area contributed by atoms with E-state index in [2.05, 4.69) is 10.6 Å². The normalized spacial score (nSPS) is 10.9. The van der Waals surface area contributed by atoms with Crippen molar-refractivity contribution < 1.29 is 9.47 Å². The minimum atomic E-state index is 0.528. The molecule has 0 radical (unpaired) electrons. The van der Waals surface area contributed by atoms with Crippen molar-refractivity contribution in [3.8, 4) is 22.9 Å². The molecule has 4 rings (SSSR count). The van der Waals surface area contributed by atoms with Gasteiger partial charge in [-0.05, 0) is 48.5 Å². The molecule has 0 unspecified atom stereocenters. The number of methoxy groups -OCH3 is 1. The van der Waals surface area contributed by atoms with Gasteiger partial charge in [-0.3, -0.25) is 0 Å². The van der Waals surface area contributed by atoms with Crippen LogP contribution in [0.1, 0.15) is 0 Å². The Morgan fingerprint density at radius 2 is 1.70 bits per heavy atom. The molecule has 4 aromatic rings. The number of nitrogens with zero attached hydrogens (tertiary/aromatic N) is 2. The van der Waals surface area contributed by atoms with Crippen LogP contribution in [0.5, 0.6) is 11.5 Å². The van der Waals surface area contributed by atoms with E-state index in [0.29, 0.717) is 18.2 Å². The highest BCUT2D eigenvalue weighted by Crippen LogP contribution is 2.27. The van der Waals surface area contributed by atoms with E-state index in [9.17, 15) is 0 Å². The quantitative estimate of drug-likeness (QED) is 0.448. The fraction of sp³-hybridized carbons (Fsp3) is 0.136. The Bertz CT molecular complexity index is 1060. The molecular weight excluding hydrogens is 360 g/mol. The Balaban J connectivity index is 1.60.